The first kappa shape index (κ1) is 14.9. The summed E-state index contributed by atoms with van der Waals surface area (Å²) >= 11 is 0. The fraction of sp³-hybridized carbons (Fsp3) is 0.643. The Bertz CT molecular complexity index is 262. The lowest BCUT2D eigenvalue weighted by Crippen LogP contribution is -1.96. The molecule has 92 valence electrons. The van der Waals surface area contributed by atoms with Gasteiger partial charge in [0.25, 0.3) is 0 Å². The summed E-state index contributed by atoms with van der Waals surface area (Å²) in [5, 5.41) is 8.53. The molecule has 0 heterocycles. The number of rotatable bonds is 7. The van der Waals surface area contributed by atoms with E-state index in [2.05, 4.69) is 26.8 Å². The fourth-order valence-electron chi connectivity index (χ4n) is 1.46. The molecule has 0 fully saturated rings. The molecule has 0 spiro atoms. The zero-order valence-electron chi connectivity index (χ0n) is 10.9. The minimum absolute atomic E-state index is 0.677. The molecule has 1 atom stereocenters. The molecule has 0 aromatic heterocycles. The van der Waals surface area contributed by atoms with Crippen molar-refractivity contribution in [3.05, 3.63) is 23.8 Å². The van der Waals surface area contributed by atoms with Crippen LogP contribution < -0.4 is 0 Å². The topological polar surface area (TPSA) is 37.3 Å². The van der Waals surface area contributed by atoms with E-state index in [9.17, 15) is 4.79 Å². The van der Waals surface area contributed by atoms with E-state index < -0.39 is 5.97 Å². The normalized spacial score (nSPS) is 14.7. The lowest BCUT2D eigenvalue weighted by molar-refractivity contribution is -0.131. The maximum absolute atomic E-state index is 10.4. The molecule has 0 saturated heterocycles. The van der Waals surface area contributed by atoms with E-state index in [0.717, 1.165) is 17.9 Å². The Hall–Kier alpha value is -1.05. The molecule has 0 rings (SSSR count). The van der Waals surface area contributed by atoms with Crippen LogP contribution in [0.5, 0.6) is 0 Å². The molecule has 0 radical (unpaired) electrons. The van der Waals surface area contributed by atoms with E-state index in [4.69, 9.17) is 5.11 Å². The van der Waals surface area contributed by atoms with Gasteiger partial charge >= 0.3 is 5.97 Å². The molecule has 0 aromatic rings. The minimum atomic E-state index is -0.880. The SMILES string of the molecule is CC(/C=C/CC(C)CCC(C)C)=C\C(=O)O. The molecule has 0 bridgehead atoms. The smallest absolute Gasteiger partial charge is 0.328 e. The first-order valence-electron chi connectivity index (χ1n) is 5.99. The largest absolute Gasteiger partial charge is 0.478 e. The van der Waals surface area contributed by atoms with E-state index in [-0.39, 0.29) is 0 Å². The highest BCUT2D eigenvalue weighted by molar-refractivity contribution is 5.81. The van der Waals surface area contributed by atoms with Crippen molar-refractivity contribution in [1.82, 2.24) is 0 Å². The summed E-state index contributed by atoms with van der Waals surface area (Å²) in [4.78, 5) is 10.4. The van der Waals surface area contributed by atoms with Gasteiger partial charge in [-0.1, -0.05) is 45.8 Å². The van der Waals surface area contributed by atoms with E-state index in [1.165, 1.54) is 18.9 Å². The average molecular weight is 224 g/mol. The van der Waals surface area contributed by atoms with Gasteiger partial charge in [0, 0.05) is 6.08 Å². The lowest BCUT2D eigenvalue weighted by Gasteiger charge is -2.10. The molecule has 0 aliphatic rings. The number of allylic oxidation sites excluding steroid dienone is 3. The van der Waals surface area contributed by atoms with Crippen LogP contribution in [0.15, 0.2) is 23.8 Å². The summed E-state index contributed by atoms with van der Waals surface area (Å²) in [7, 11) is 0. The second-order valence-electron chi connectivity index (χ2n) is 4.94. The Labute approximate surface area is 99.1 Å². The van der Waals surface area contributed by atoms with Crippen molar-refractivity contribution < 1.29 is 9.90 Å². The lowest BCUT2D eigenvalue weighted by atomic mass is 9.96. The number of hydrogen-bond acceptors (Lipinski definition) is 1. The zero-order valence-corrected chi connectivity index (χ0v) is 10.9. The van der Waals surface area contributed by atoms with Crippen LogP contribution >= 0.6 is 0 Å². The summed E-state index contributed by atoms with van der Waals surface area (Å²) < 4.78 is 0. The van der Waals surface area contributed by atoms with Crippen molar-refractivity contribution in [2.24, 2.45) is 11.8 Å². The van der Waals surface area contributed by atoms with Gasteiger partial charge in [0.15, 0.2) is 0 Å². The van der Waals surface area contributed by atoms with E-state index in [1.54, 1.807) is 0 Å². The summed E-state index contributed by atoms with van der Waals surface area (Å²) in [6.07, 6.45) is 8.72. The van der Waals surface area contributed by atoms with Crippen LogP contribution in [-0.4, -0.2) is 11.1 Å². The van der Waals surface area contributed by atoms with Crippen LogP contribution in [0, 0.1) is 11.8 Å². The molecular formula is C14H24O2. The Balaban J connectivity index is 3.86. The average Bonchev–Trinajstić information content (AvgIpc) is 2.13. The summed E-state index contributed by atoms with van der Waals surface area (Å²) in [6.45, 7) is 8.52. The molecule has 0 amide bonds. The van der Waals surface area contributed by atoms with Gasteiger partial charge in [0.2, 0.25) is 0 Å². The van der Waals surface area contributed by atoms with Crippen LogP contribution in [0.3, 0.4) is 0 Å². The second kappa shape index (κ2) is 8.14. The van der Waals surface area contributed by atoms with Gasteiger partial charge in [-0.15, -0.1) is 0 Å². The van der Waals surface area contributed by atoms with Gasteiger partial charge in [-0.2, -0.15) is 0 Å². The third-order valence-corrected chi connectivity index (χ3v) is 2.51. The maximum Gasteiger partial charge on any atom is 0.328 e. The Kier molecular flexibility index (Phi) is 7.61. The number of hydrogen-bond donors (Lipinski definition) is 1. The van der Waals surface area contributed by atoms with Gasteiger partial charge in [-0.05, 0) is 30.8 Å². The zero-order chi connectivity index (χ0) is 12.6. The highest BCUT2D eigenvalue weighted by Crippen LogP contribution is 2.15. The predicted octanol–water partition coefficient (Wildman–Crippen LogP) is 4.04. The number of carboxylic acid groups (broad SMARTS) is 1. The van der Waals surface area contributed by atoms with Crippen molar-refractivity contribution in [2.75, 3.05) is 0 Å². The monoisotopic (exact) mass is 224 g/mol. The van der Waals surface area contributed by atoms with Crippen molar-refractivity contribution in [2.45, 2.75) is 47.0 Å². The number of carbonyl (C=O) groups is 1. The molecule has 0 aromatic carbocycles. The highest BCUT2D eigenvalue weighted by Gasteiger charge is 2.01. The van der Waals surface area contributed by atoms with Gasteiger partial charge < -0.3 is 5.11 Å². The molecule has 1 unspecified atom stereocenters. The van der Waals surface area contributed by atoms with E-state index >= 15 is 0 Å². The fourth-order valence-corrected chi connectivity index (χ4v) is 1.46. The van der Waals surface area contributed by atoms with Gasteiger partial charge in [0.1, 0.15) is 0 Å². The minimum Gasteiger partial charge on any atom is -0.478 e. The van der Waals surface area contributed by atoms with Crippen molar-refractivity contribution in [3.63, 3.8) is 0 Å². The van der Waals surface area contributed by atoms with E-state index in [0.29, 0.717) is 5.92 Å². The van der Waals surface area contributed by atoms with Gasteiger partial charge in [-0.3, -0.25) is 0 Å². The molecule has 0 aliphatic heterocycles. The molecule has 2 nitrogen and oxygen atoms in total. The van der Waals surface area contributed by atoms with Gasteiger partial charge in [0.05, 0.1) is 0 Å². The molecule has 0 saturated carbocycles. The third-order valence-electron chi connectivity index (χ3n) is 2.51. The first-order chi connectivity index (χ1) is 7.41. The maximum atomic E-state index is 10.4. The van der Waals surface area contributed by atoms with Crippen LogP contribution in [0.25, 0.3) is 0 Å². The molecule has 16 heavy (non-hydrogen) atoms. The molecular weight excluding hydrogens is 200 g/mol. The summed E-state index contributed by atoms with van der Waals surface area (Å²) in [5.41, 5.74) is 0.795. The van der Waals surface area contributed by atoms with Crippen LogP contribution in [-0.2, 0) is 4.79 Å². The van der Waals surface area contributed by atoms with Crippen LogP contribution in [0.2, 0.25) is 0 Å². The third kappa shape index (κ3) is 9.50. The van der Waals surface area contributed by atoms with E-state index in [1.807, 2.05) is 13.0 Å². The molecule has 1 N–H and O–H groups in total. The van der Waals surface area contributed by atoms with Crippen LogP contribution in [0.4, 0.5) is 0 Å². The quantitative estimate of drug-likeness (QED) is 0.523. The second-order valence-corrected chi connectivity index (χ2v) is 4.94. The number of aliphatic carboxylic acids is 1. The van der Waals surface area contributed by atoms with Gasteiger partial charge in [-0.25, -0.2) is 4.79 Å². The van der Waals surface area contributed by atoms with Crippen LogP contribution in [0.1, 0.15) is 47.0 Å². The molecule has 0 aliphatic carbocycles. The molecule has 2 heteroatoms. The van der Waals surface area contributed by atoms with Crippen molar-refractivity contribution in [3.8, 4) is 0 Å². The Morgan fingerprint density at radius 1 is 1.25 bits per heavy atom. The first-order valence-corrected chi connectivity index (χ1v) is 5.99. The Morgan fingerprint density at radius 3 is 2.38 bits per heavy atom. The highest BCUT2D eigenvalue weighted by atomic mass is 16.4. The summed E-state index contributed by atoms with van der Waals surface area (Å²) in [6, 6.07) is 0. The van der Waals surface area contributed by atoms with Crippen molar-refractivity contribution in [1.29, 1.82) is 0 Å². The standard InChI is InChI=1S/C14H24O2/c1-11(2)8-9-12(3)6-5-7-13(4)10-14(15)16/h5,7,10-12H,6,8-9H2,1-4H3,(H,15,16)/b7-5+,13-10+. The number of carboxylic acids is 1. The predicted molar refractivity (Wildman–Crippen MR) is 68.4 cm³/mol. The van der Waals surface area contributed by atoms with Crippen molar-refractivity contribution >= 4 is 5.97 Å². The summed E-state index contributed by atoms with van der Waals surface area (Å²) in [5.74, 6) is 0.561. The Morgan fingerprint density at radius 2 is 1.88 bits per heavy atom.